The monoisotopic (exact) mass is 320 g/mol. The highest BCUT2D eigenvalue weighted by atomic mass is 32.2. The molecule has 0 heterocycles. The number of carbonyl (C=O) groups is 1. The fraction of sp³-hybridized carbons (Fsp3) is 0.500. The van der Waals surface area contributed by atoms with Gasteiger partial charge in [-0.1, -0.05) is 32.9 Å². The zero-order valence-corrected chi connectivity index (χ0v) is 13.0. The maximum atomic E-state index is 12.2. The van der Waals surface area contributed by atoms with Gasteiger partial charge >= 0.3 is 6.18 Å². The van der Waals surface area contributed by atoms with Crippen LogP contribution in [0.25, 0.3) is 0 Å². The van der Waals surface area contributed by atoms with Crippen LogP contribution in [0.5, 0.6) is 0 Å². The average Bonchev–Trinajstić information content (AvgIpc) is 2.33. The van der Waals surface area contributed by atoms with E-state index in [2.05, 4.69) is 10.6 Å². The number of rotatable bonds is 5. The molecule has 0 spiro atoms. The minimum atomic E-state index is -4.31. The molecule has 3 nitrogen and oxygen atoms in total. The van der Waals surface area contributed by atoms with Crippen LogP contribution in [0.1, 0.15) is 20.8 Å². The van der Waals surface area contributed by atoms with Crippen molar-refractivity contribution in [1.29, 1.82) is 0 Å². The normalized spacial score (nSPS) is 12.1. The van der Waals surface area contributed by atoms with E-state index in [1.165, 1.54) is 17.8 Å². The SMILES string of the molecule is CC(C)(C)SCC(=O)Nc1ccccc1NCC(F)(F)F. The van der Waals surface area contributed by atoms with Crippen LogP contribution in [-0.2, 0) is 4.79 Å². The van der Waals surface area contributed by atoms with Crippen LogP contribution in [0.2, 0.25) is 0 Å². The van der Waals surface area contributed by atoms with Gasteiger partial charge < -0.3 is 10.6 Å². The first-order chi connectivity index (χ1) is 9.57. The van der Waals surface area contributed by atoms with Crippen molar-refractivity contribution >= 4 is 29.0 Å². The molecule has 0 radical (unpaired) electrons. The van der Waals surface area contributed by atoms with Crippen molar-refractivity contribution in [2.24, 2.45) is 0 Å². The molecule has 1 amide bonds. The Morgan fingerprint density at radius 3 is 2.24 bits per heavy atom. The number of alkyl halides is 3. The molecule has 2 N–H and O–H groups in total. The number of hydrogen-bond donors (Lipinski definition) is 2. The van der Waals surface area contributed by atoms with Gasteiger partial charge in [0.1, 0.15) is 6.54 Å². The summed E-state index contributed by atoms with van der Waals surface area (Å²) in [5.41, 5.74) is 0.602. The number of carbonyl (C=O) groups excluding carboxylic acids is 1. The number of nitrogens with one attached hydrogen (secondary N) is 2. The van der Waals surface area contributed by atoms with Crippen molar-refractivity contribution < 1.29 is 18.0 Å². The Morgan fingerprint density at radius 2 is 1.71 bits per heavy atom. The van der Waals surface area contributed by atoms with Crippen molar-refractivity contribution in [3.05, 3.63) is 24.3 Å². The number of para-hydroxylation sites is 2. The standard InChI is InChI=1S/C14H19F3N2OS/c1-13(2,3)21-8-12(20)19-11-7-5-4-6-10(11)18-9-14(15,16)17/h4-7,18H,8-9H2,1-3H3,(H,19,20). The molecule has 1 rings (SSSR count). The first kappa shape index (κ1) is 17.7. The second kappa shape index (κ2) is 7.06. The number of benzene rings is 1. The first-order valence-corrected chi connectivity index (χ1v) is 7.39. The summed E-state index contributed by atoms with van der Waals surface area (Å²) in [4.78, 5) is 11.8. The first-order valence-electron chi connectivity index (χ1n) is 6.40. The van der Waals surface area contributed by atoms with E-state index in [0.717, 1.165) is 0 Å². The van der Waals surface area contributed by atoms with Gasteiger partial charge in [-0.3, -0.25) is 4.79 Å². The zero-order valence-electron chi connectivity index (χ0n) is 12.2. The summed E-state index contributed by atoms with van der Waals surface area (Å²) in [7, 11) is 0. The fourth-order valence-corrected chi connectivity index (χ4v) is 2.05. The van der Waals surface area contributed by atoms with E-state index >= 15 is 0 Å². The lowest BCUT2D eigenvalue weighted by molar-refractivity contribution is -0.115. The number of hydrogen-bond acceptors (Lipinski definition) is 3. The molecule has 0 saturated heterocycles. The molecule has 21 heavy (non-hydrogen) atoms. The summed E-state index contributed by atoms with van der Waals surface area (Å²) >= 11 is 1.47. The topological polar surface area (TPSA) is 41.1 Å². The Labute approximate surface area is 126 Å². The van der Waals surface area contributed by atoms with E-state index in [1.807, 2.05) is 20.8 Å². The molecule has 0 aliphatic carbocycles. The third-order valence-electron chi connectivity index (χ3n) is 2.32. The summed E-state index contributed by atoms with van der Waals surface area (Å²) < 4.78 is 36.7. The Balaban J connectivity index is 2.64. The highest BCUT2D eigenvalue weighted by molar-refractivity contribution is 8.01. The van der Waals surface area contributed by atoms with Crippen molar-refractivity contribution in [2.75, 3.05) is 22.9 Å². The van der Waals surface area contributed by atoms with Gasteiger partial charge in [0.15, 0.2) is 0 Å². The zero-order chi connectivity index (χ0) is 16.1. The van der Waals surface area contributed by atoms with Crippen molar-refractivity contribution in [2.45, 2.75) is 31.7 Å². The van der Waals surface area contributed by atoms with Crippen LogP contribution >= 0.6 is 11.8 Å². The van der Waals surface area contributed by atoms with Gasteiger partial charge in [0.05, 0.1) is 17.1 Å². The smallest absolute Gasteiger partial charge is 0.375 e. The van der Waals surface area contributed by atoms with Gasteiger partial charge in [0.2, 0.25) is 5.91 Å². The van der Waals surface area contributed by atoms with Crippen LogP contribution in [0.3, 0.4) is 0 Å². The van der Waals surface area contributed by atoms with Crippen molar-refractivity contribution in [3.8, 4) is 0 Å². The van der Waals surface area contributed by atoms with Crippen LogP contribution in [0.15, 0.2) is 24.3 Å². The molecule has 1 aromatic carbocycles. The van der Waals surface area contributed by atoms with E-state index in [1.54, 1.807) is 18.2 Å². The average molecular weight is 320 g/mol. The molecule has 0 fully saturated rings. The highest BCUT2D eigenvalue weighted by Gasteiger charge is 2.27. The summed E-state index contributed by atoms with van der Waals surface area (Å²) in [6.45, 7) is 4.83. The molecule has 0 aromatic heterocycles. The quantitative estimate of drug-likeness (QED) is 0.857. The minimum absolute atomic E-state index is 0.0502. The van der Waals surface area contributed by atoms with E-state index in [9.17, 15) is 18.0 Å². The van der Waals surface area contributed by atoms with Gasteiger partial charge in [-0.15, -0.1) is 11.8 Å². The fourth-order valence-electron chi connectivity index (χ4n) is 1.41. The van der Waals surface area contributed by atoms with Gasteiger partial charge in [0, 0.05) is 4.75 Å². The molecule has 0 bridgehead atoms. The summed E-state index contributed by atoms with van der Waals surface area (Å²) in [6.07, 6.45) is -4.31. The molecule has 0 unspecified atom stereocenters. The molecule has 0 aliphatic heterocycles. The van der Waals surface area contributed by atoms with Crippen LogP contribution in [0, 0.1) is 0 Å². The maximum absolute atomic E-state index is 12.2. The molecule has 0 saturated carbocycles. The lowest BCUT2D eigenvalue weighted by atomic mass is 10.2. The lowest BCUT2D eigenvalue weighted by Crippen LogP contribution is -2.23. The second-order valence-electron chi connectivity index (χ2n) is 5.46. The lowest BCUT2D eigenvalue weighted by Gasteiger charge is -2.18. The molecule has 118 valence electrons. The van der Waals surface area contributed by atoms with Gasteiger partial charge in [-0.05, 0) is 12.1 Å². The molecule has 0 atom stereocenters. The van der Waals surface area contributed by atoms with E-state index in [0.29, 0.717) is 5.69 Å². The summed E-state index contributed by atoms with van der Waals surface area (Å²) in [6, 6.07) is 6.33. The van der Waals surface area contributed by atoms with Crippen LogP contribution in [-0.4, -0.2) is 29.1 Å². The number of amides is 1. The Bertz CT molecular complexity index is 484. The van der Waals surface area contributed by atoms with Gasteiger partial charge in [0.25, 0.3) is 0 Å². The Kier molecular flexibility index (Phi) is 5.95. The molecular formula is C14H19F3N2OS. The summed E-state index contributed by atoms with van der Waals surface area (Å²) in [5, 5.41) is 4.91. The van der Waals surface area contributed by atoms with Crippen molar-refractivity contribution in [1.82, 2.24) is 0 Å². The van der Waals surface area contributed by atoms with Crippen LogP contribution < -0.4 is 10.6 Å². The van der Waals surface area contributed by atoms with Crippen LogP contribution in [0.4, 0.5) is 24.5 Å². The molecule has 7 heteroatoms. The predicted octanol–water partition coefficient (Wildman–Crippen LogP) is 4.13. The van der Waals surface area contributed by atoms with Crippen molar-refractivity contribution in [3.63, 3.8) is 0 Å². The minimum Gasteiger partial charge on any atom is -0.375 e. The van der Waals surface area contributed by atoms with E-state index in [4.69, 9.17) is 0 Å². The summed E-state index contributed by atoms with van der Waals surface area (Å²) in [5.74, 6) is 0.00748. The predicted molar refractivity (Wildman–Crippen MR) is 81.8 cm³/mol. The van der Waals surface area contributed by atoms with Gasteiger partial charge in [-0.2, -0.15) is 13.2 Å². The second-order valence-corrected chi connectivity index (χ2v) is 7.27. The Morgan fingerprint density at radius 1 is 1.14 bits per heavy atom. The van der Waals surface area contributed by atoms with E-state index < -0.39 is 12.7 Å². The molecular weight excluding hydrogens is 301 g/mol. The molecule has 0 aliphatic rings. The van der Waals surface area contributed by atoms with Gasteiger partial charge in [-0.25, -0.2) is 0 Å². The van der Waals surface area contributed by atoms with E-state index in [-0.39, 0.29) is 22.1 Å². The number of thioether (sulfide) groups is 1. The third-order valence-corrected chi connectivity index (χ3v) is 3.59. The largest absolute Gasteiger partial charge is 0.405 e. The molecule has 1 aromatic rings. The maximum Gasteiger partial charge on any atom is 0.405 e. The number of halogens is 3. The highest BCUT2D eigenvalue weighted by Crippen LogP contribution is 2.26. The number of anilines is 2. The Hall–Kier alpha value is -1.37. The third kappa shape index (κ3) is 7.84.